The Morgan fingerprint density at radius 1 is 1.26 bits per heavy atom. The molecule has 2 aromatic rings. The molecule has 5 fully saturated rings. The summed E-state index contributed by atoms with van der Waals surface area (Å²) in [6.07, 6.45) is 4.11. The normalized spacial score (nSPS) is 29.8. The number of ether oxygens (including phenoxy) is 1. The average Bonchev–Trinajstić information content (AvgIpc) is 3.58. The van der Waals surface area contributed by atoms with Gasteiger partial charge < -0.3 is 25.0 Å². The summed E-state index contributed by atoms with van der Waals surface area (Å²) >= 11 is 7.86. The van der Waals surface area contributed by atoms with Crippen molar-refractivity contribution in [3.8, 4) is 0 Å². The van der Waals surface area contributed by atoms with Crippen LogP contribution < -0.4 is 5.32 Å². The molecule has 226 valence electrons. The van der Waals surface area contributed by atoms with E-state index in [4.69, 9.17) is 21.3 Å². The quantitative estimate of drug-likeness (QED) is 0.427. The summed E-state index contributed by atoms with van der Waals surface area (Å²) in [6, 6.07) is 3.18. The smallest absolute Gasteiger partial charge is 0.338 e. The number of aliphatic imine (C=N–C) groups is 1. The minimum Gasteiger partial charge on any atom is -0.481 e. The number of fused-ring (bicyclic) bond motifs is 1. The Labute approximate surface area is 256 Å². The van der Waals surface area contributed by atoms with Crippen molar-refractivity contribution in [3.05, 3.63) is 62.5 Å². The Hall–Kier alpha value is -3.55. The summed E-state index contributed by atoms with van der Waals surface area (Å²) in [4.78, 5) is 53.2. The summed E-state index contributed by atoms with van der Waals surface area (Å²) < 4.78 is 19.1. The van der Waals surface area contributed by atoms with Gasteiger partial charge in [0.15, 0.2) is 10.8 Å². The van der Waals surface area contributed by atoms with Crippen LogP contribution in [0.25, 0.3) is 0 Å². The van der Waals surface area contributed by atoms with Crippen molar-refractivity contribution < 1.29 is 28.6 Å². The second-order valence-electron chi connectivity index (χ2n) is 12.2. The molecule has 14 heteroatoms. The summed E-state index contributed by atoms with van der Waals surface area (Å²) in [6.45, 7) is 2.68. The van der Waals surface area contributed by atoms with Crippen molar-refractivity contribution in [2.75, 3.05) is 39.8 Å². The Bertz CT molecular complexity index is 1560. The Kier molecular flexibility index (Phi) is 6.75. The summed E-state index contributed by atoms with van der Waals surface area (Å²) in [5.74, 6) is -1.37. The fourth-order valence-corrected chi connectivity index (χ4v) is 8.60. The van der Waals surface area contributed by atoms with E-state index in [1.165, 1.54) is 36.6 Å². The Morgan fingerprint density at radius 3 is 2.72 bits per heavy atom. The summed E-state index contributed by atoms with van der Waals surface area (Å²) in [7, 11) is 1.30. The number of hydrogen-bond acceptors (Lipinski definition) is 9. The highest BCUT2D eigenvalue weighted by Crippen LogP contribution is 2.72. The molecule has 8 rings (SSSR count). The van der Waals surface area contributed by atoms with E-state index >= 15 is 0 Å². The van der Waals surface area contributed by atoms with E-state index in [0.29, 0.717) is 54.8 Å². The zero-order valence-electron chi connectivity index (χ0n) is 23.4. The number of carbonyl (C=O) groups is 3. The maximum atomic E-state index is 13.9. The molecule has 3 aliphatic heterocycles. The molecule has 2 bridgehead atoms. The largest absolute Gasteiger partial charge is 0.481 e. The van der Waals surface area contributed by atoms with E-state index in [2.05, 4.69) is 15.2 Å². The average molecular weight is 629 g/mol. The minimum absolute atomic E-state index is 0.0223. The molecule has 0 spiro atoms. The molecule has 2 N–H and O–H groups in total. The third-order valence-corrected chi connectivity index (χ3v) is 10.6. The van der Waals surface area contributed by atoms with Crippen molar-refractivity contribution >= 4 is 46.7 Å². The zero-order valence-corrected chi connectivity index (χ0v) is 25.0. The maximum Gasteiger partial charge on any atom is 0.338 e. The van der Waals surface area contributed by atoms with Gasteiger partial charge in [-0.05, 0) is 36.8 Å². The molecule has 6 aliphatic rings. The van der Waals surface area contributed by atoms with Gasteiger partial charge in [-0.15, -0.1) is 11.3 Å². The number of rotatable bonds is 8. The number of nitrogens with zero attached hydrogens (tertiary/aromatic N) is 5. The van der Waals surface area contributed by atoms with Crippen LogP contribution in [0, 0.1) is 11.2 Å². The number of benzene rings is 1. The van der Waals surface area contributed by atoms with Crippen molar-refractivity contribution in [3.63, 3.8) is 0 Å². The molecule has 43 heavy (non-hydrogen) atoms. The monoisotopic (exact) mass is 628 g/mol. The molecule has 2 amide bonds. The predicted octanol–water partition coefficient (Wildman–Crippen LogP) is 3.27. The van der Waals surface area contributed by atoms with Gasteiger partial charge in [0.05, 0.1) is 25.1 Å². The number of piperazine rings is 1. The topological polar surface area (TPSA) is 128 Å². The SMILES string of the molecule is COC(=O)C1=C(CN2CCN3C(=O)N(C45CC(CC(=O)O)(C4)C5)CC3C2)NC(c2nccs2)=NC1c1ccc(F)cc1Cl. The Balaban J connectivity index is 1.14. The second-order valence-corrected chi connectivity index (χ2v) is 13.5. The highest BCUT2D eigenvalue weighted by Gasteiger charge is 2.72. The van der Waals surface area contributed by atoms with Gasteiger partial charge >= 0.3 is 18.0 Å². The fraction of sp³-hybridized carbons (Fsp3) is 0.483. The van der Waals surface area contributed by atoms with E-state index < -0.39 is 23.8 Å². The van der Waals surface area contributed by atoms with Gasteiger partial charge in [-0.3, -0.25) is 14.7 Å². The van der Waals surface area contributed by atoms with Gasteiger partial charge in [0, 0.05) is 66.1 Å². The van der Waals surface area contributed by atoms with Gasteiger partial charge in [-0.2, -0.15) is 0 Å². The zero-order chi connectivity index (χ0) is 30.1. The molecule has 4 heterocycles. The minimum atomic E-state index is -0.844. The first kappa shape index (κ1) is 28.2. The lowest BCUT2D eigenvalue weighted by molar-refractivity contribution is -0.208. The molecule has 2 unspecified atom stereocenters. The van der Waals surface area contributed by atoms with Crippen LogP contribution in [0.15, 0.2) is 46.0 Å². The molecule has 1 aromatic carbocycles. The van der Waals surface area contributed by atoms with Gasteiger partial charge in [0.2, 0.25) is 0 Å². The number of esters is 1. The van der Waals surface area contributed by atoms with Crippen LogP contribution in [-0.2, 0) is 14.3 Å². The van der Waals surface area contributed by atoms with Crippen LogP contribution in [-0.4, -0.2) is 100 Å². The number of aromatic nitrogens is 1. The third-order valence-electron chi connectivity index (χ3n) is 9.45. The second kappa shape index (κ2) is 10.3. The van der Waals surface area contributed by atoms with E-state index in [9.17, 15) is 23.9 Å². The number of nitrogens with one attached hydrogen (secondary N) is 1. The van der Waals surface area contributed by atoms with Gasteiger partial charge in [-0.1, -0.05) is 17.7 Å². The van der Waals surface area contributed by atoms with Gasteiger partial charge in [0.25, 0.3) is 0 Å². The van der Waals surface area contributed by atoms with Gasteiger partial charge in [-0.25, -0.2) is 19.0 Å². The molecule has 0 radical (unpaired) electrons. The van der Waals surface area contributed by atoms with Crippen molar-refractivity contribution in [2.24, 2.45) is 10.4 Å². The summed E-state index contributed by atoms with van der Waals surface area (Å²) in [5, 5.41) is 15.2. The van der Waals surface area contributed by atoms with Crippen LogP contribution in [0.4, 0.5) is 9.18 Å². The molecule has 1 aromatic heterocycles. The standard InChI is InChI=1S/C29H30ClFN6O5S/c1-42-26(40)22-20(33-24(25-32-4-7-43-25)34-23(22)18-3-2-16(31)8-19(18)30)12-35-5-6-36-17(10-35)11-37(27(36)41)29-13-28(14-29,15-29)9-21(38)39/h2-4,7-8,17,23H,5-6,9-15H2,1H3,(H,33,34)(H,38,39). The molecule has 3 saturated carbocycles. The molecule has 3 aliphatic carbocycles. The van der Waals surface area contributed by atoms with Crippen molar-refractivity contribution in [1.29, 1.82) is 0 Å². The van der Waals surface area contributed by atoms with Crippen molar-refractivity contribution in [1.82, 2.24) is 25.0 Å². The first-order valence-corrected chi connectivity index (χ1v) is 15.4. The number of aliphatic carboxylic acids is 1. The van der Waals surface area contributed by atoms with E-state index in [-0.39, 0.29) is 40.0 Å². The van der Waals surface area contributed by atoms with Crippen LogP contribution in [0.1, 0.15) is 42.3 Å². The molecule has 2 atom stereocenters. The number of carboxylic acid groups (broad SMARTS) is 1. The summed E-state index contributed by atoms with van der Waals surface area (Å²) in [5.41, 5.74) is 0.979. The predicted molar refractivity (Wildman–Crippen MR) is 155 cm³/mol. The number of halogens is 2. The first-order valence-electron chi connectivity index (χ1n) is 14.1. The highest BCUT2D eigenvalue weighted by atomic mass is 35.5. The molecule has 11 nitrogen and oxygen atoms in total. The third kappa shape index (κ3) is 4.68. The lowest BCUT2D eigenvalue weighted by Gasteiger charge is -2.73. The maximum absolute atomic E-state index is 13.9. The fourth-order valence-electron chi connectivity index (χ4n) is 7.74. The highest BCUT2D eigenvalue weighted by molar-refractivity contribution is 7.11. The van der Waals surface area contributed by atoms with Crippen molar-refractivity contribution in [2.45, 2.75) is 43.3 Å². The van der Waals surface area contributed by atoms with Gasteiger partial charge in [0.1, 0.15) is 11.9 Å². The lowest BCUT2D eigenvalue weighted by atomic mass is 9.38. The van der Waals surface area contributed by atoms with E-state index in [1.54, 1.807) is 6.20 Å². The number of amidine groups is 1. The van der Waals surface area contributed by atoms with Crippen LogP contribution in [0.5, 0.6) is 0 Å². The molecular formula is C29H30ClFN6O5S. The molecular weight excluding hydrogens is 599 g/mol. The first-order chi connectivity index (χ1) is 20.6. The number of thiazole rings is 1. The lowest BCUT2D eigenvalue weighted by Crippen LogP contribution is -2.75. The number of hydrogen-bond donors (Lipinski definition) is 2. The van der Waals surface area contributed by atoms with Crippen LogP contribution >= 0.6 is 22.9 Å². The number of methoxy groups -OCH3 is 1. The van der Waals surface area contributed by atoms with E-state index in [1.807, 2.05) is 15.2 Å². The van der Waals surface area contributed by atoms with E-state index in [0.717, 1.165) is 19.3 Å². The Morgan fingerprint density at radius 2 is 2.05 bits per heavy atom. The molecule has 2 saturated heterocycles. The number of urea groups is 1. The number of amides is 2. The van der Waals surface area contributed by atoms with Crippen LogP contribution in [0.3, 0.4) is 0 Å². The number of carbonyl (C=O) groups excluding carboxylic acids is 2. The number of carboxylic acids is 1. The van der Waals surface area contributed by atoms with Crippen LogP contribution in [0.2, 0.25) is 5.02 Å².